The van der Waals surface area contributed by atoms with Crippen LogP contribution in [0.15, 0.2) is 48.3 Å². The predicted octanol–water partition coefficient (Wildman–Crippen LogP) is 4.88. The maximum Gasteiger partial charge on any atom is 0.283 e. The van der Waals surface area contributed by atoms with E-state index in [4.69, 9.17) is 13.6 Å². The molecule has 4 aromatic rings. The zero-order valence-electron chi connectivity index (χ0n) is 15.2. The first-order valence-corrected chi connectivity index (χ1v) is 11.7. The Balaban J connectivity index is 1.34. The van der Waals surface area contributed by atoms with E-state index < -0.39 is 0 Å². The molecule has 1 aliphatic rings. The SMILES string of the molecule is Brc1ccc(-c2nnc(CSc3nnc(-c4cccs4)n3CC3CCCO3)o2)o1. The van der Waals surface area contributed by atoms with E-state index >= 15 is 0 Å². The molecule has 0 saturated carbocycles. The van der Waals surface area contributed by atoms with Gasteiger partial charge in [0.15, 0.2) is 21.4 Å². The van der Waals surface area contributed by atoms with E-state index in [0.29, 0.717) is 28.0 Å². The van der Waals surface area contributed by atoms with Gasteiger partial charge in [-0.2, -0.15) is 0 Å². The molecule has 11 heteroatoms. The summed E-state index contributed by atoms with van der Waals surface area (Å²) < 4.78 is 19.8. The summed E-state index contributed by atoms with van der Waals surface area (Å²) in [6.45, 7) is 1.55. The van der Waals surface area contributed by atoms with Gasteiger partial charge in [0, 0.05) is 6.61 Å². The highest BCUT2D eigenvalue weighted by Crippen LogP contribution is 2.31. The highest BCUT2D eigenvalue weighted by molar-refractivity contribution is 9.10. The predicted molar refractivity (Wildman–Crippen MR) is 112 cm³/mol. The van der Waals surface area contributed by atoms with Crippen molar-refractivity contribution in [2.24, 2.45) is 0 Å². The lowest BCUT2D eigenvalue weighted by Gasteiger charge is -2.13. The van der Waals surface area contributed by atoms with Gasteiger partial charge in [-0.1, -0.05) is 17.8 Å². The standard InChI is InChI=1S/C18H16BrN5O3S2/c19-14-6-5-12(26-14)17-22-20-15(27-17)10-29-18-23-21-16(13-4-2-8-28-13)24(18)9-11-3-1-7-25-11/h2,4-6,8,11H,1,3,7,9-10H2. The second-order valence-corrected chi connectivity index (χ2v) is 9.09. The highest BCUT2D eigenvalue weighted by Gasteiger charge is 2.23. The molecule has 0 N–H and O–H groups in total. The van der Waals surface area contributed by atoms with Crippen molar-refractivity contribution in [2.45, 2.75) is 36.4 Å². The van der Waals surface area contributed by atoms with Crippen molar-refractivity contribution in [3.63, 3.8) is 0 Å². The Morgan fingerprint density at radius 2 is 2.14 bits per heavy atom. The van der Waals surface area contributed by atoms with Gasteiger partial charge in [-0.15, -0.1) is 31.7 Å². The van der Waals surface area contributed by atoms with Gasteiger partial charge in [0.05, 0.1) is 23.3 Å². The summed E-state index contributed by atoms with van der Waals surface area (Å²) in [5.41, 5.74) is 0. The first kappa shape index (κ1) is 19.0. The van der Waals surface area contributed by atoms with Crippen LogP contribution >= 0.6 is 39.0 Å². The van der Waals surface area contributed by atoms with E-state index in [2.05, 4.69) is 47.0 Å². The number of aromatic nitrogens is 5. The number of furan rings is 1. The number of ether oxygens (including phenoxy) is 1. The van der Waals surface area contributed by atoms with Crippen LogP contribution in [0.5, 0.6) is 0 Å². The lowest BCUT2D eigenvalue weighted by atomic mass is 10.2. The van der Waals surface area contributed by atoms with Crippen molar-refractivity contribution in [1.82, 2.24) is 25.0 Å². The van der Waals surface area contributed by atoms with Crippen LogP contribution in [0.4, 0.5) is 0 Å². The lowest BCUT2D eigenvalue weighted by molar-refractivity contribution is 0.0953. The smallest absolute Gasteiger partial charge is 0.283 e. The zero-order chi connectivity index (χ0) is 19.6. The van der Waals surface area contributed by atoms with Crippen LogP contribution < -0.4 is 0 Å². The quantitative estimate of drug-likeness (QED) is 0.336. The van der Waals surface area contributed by atoms with E-state index in [1.807, 2.05) is 11.4 Å². The van der Waals surface area contributed by atoms with Gasteiger partial charge in [0.2, 0.25) is 5.89 Å². The summed E-state index contributed by atoms with van der Waals surface area (Å²) in [6, 6.07) is 7.64. The fourth-order valence-corrected chi connectivity index (χ4v) is 4.92. The molecule has 150 valence electrons. The number of halogens is 1. The molecule has 0 spiro atoms. The summed E-state index contributed by atoms with van der Waals surface area (Å²) in [7, 11) is 0. The summed E-state index contributed by atoms with van der Waals surface area (Å²) in [4.78, 5) is 1.09. The molecule has 1 atom stereocenters. The minimum atomic E-state index is 0.191. The van der Waals surface area contributed by atoms with Gasteiger partial charge in [-0.25, -0.2) is 0 Å². The number of nitrogens with zero attached hydrogens (tertiary/aromatic N) is 5. The fraction of sp³-hybridized carbons (Fsp3) is 0.333. The number of rotatable bonds is 7. The Kier molecular flexibility index (Phi) is 5.53. The van der Waals surface area contributed by atoms with Crippen molar-refractivity contribution in [1.29, 1.82) is 0 Å². The molecule has 8 nitrogen and oxygen atoms in total. The zero-order valence-corrected chi connectivity index (χ0v) is 18.4. The number of thiophene rings is 1. The Labute approximate surface area is 182 Å². The van der Waals surface area contributed by atoms with Gasteiger partial charge in [-0.3, -0.25) is 4.57 Å². The molecule has 5 rings (SSSR count). The molecule has 0 amide bonds. The number of hydrogen-bond acceptors (Lipinski definition) is 9. The Bertz CT molecular complexity index is 1090. The molecule has 5 heterocycles. The minimum absolute atomic E-state index is 0.191. The molecule has 0 aliphatic carbocycles. The highest BCUT2D eigenvalue weighted by atomic mass is 79.9. The first-order valence-electron chi connectivity index (χ1n) is 9.06. The van der Waals surface area contributed by atoms with Crippen molar-refractivity contribution in [3.05, 3.63) is 40.2 Å². The molecule has 0 bridgehead atoms. The molecule has 1 fully saturated rings. The van der Waals surface area contributed by atoms with Crippen molar-refractivity contribution < 1.29 is 13.6 Å². The summed E-state index contributed by atoms with van der Waals surface area (Å²) in [5, 5.41) is 19.9. The van der Waals surface area contributed by atoms with Crippen molar-refractivity contribution in [2.75, 3.05) is 6.61 Å². The van der Waals surface area contributed by atoms with Crippen LogP contribution in [0.25, 0.3) is 22.4 Å². The lowest BCUT2D eigenvalue weighted by Crippen LogP contribution is -2.16. The van der Waals surface area contributed by atoms with E-state index in [1.54, 1.807) is 23.5 Å². The van der Waals surface area contributed by atoms with Crippen LogP contribution in [-0.2, 0) is 17.0 Å². The second-order valence-electron chi connectivity index (χ2n) is 6.42. The normalized spacial score (nSPS) is 16.7. The van der Waals surface area contributed by atoms with Crippen molar-refractivity contribution >= 4 is 39.0 Å². The molecule has 1 saturated heterocycles. The van der Waals surface area contributed by atoms with Crippen LogP contribution in [0.2, 0.25) is 0 Å². The Morgan fingerprint density at radius 1 is 1.17 bits per heavy atom. The van der Waals surface area contributed by atoms with Crippen LogP contribution in [-0.4, -0.2) is 37.7 Å². The molecule has 29 heavy (non-hydrogen) atoms. The van der Waals surface area contributed by atoms with Crippen LogP contribution in [0, 0.1) is 0 Å². The largest absolute Gasteiger partial charge is 0.444 e. The number of hydrogen-bond donors (Lipinski definition) is 0. The van der Waals surface area contributed by atoms with Crippen LogP contribution in [0.3, 0.4) is 0 Å². The van der Waals surface area contributed by atoms with E-state index in [1.165, 1.54) is 11.8 Å². The first-order chi connectivity index (χ1) is 14.3. The molecule has 1 unspecified atom stereocenters. The maximum atomic E-state index is 5.83. The molecule has 0 aromatic carbocycles. The molecule has 1 aliphatic heterocycles. The Hall–Kier alpha value is -1.95. The number of thioether (sulfide) groups is 1. The average Bonchev–Trinajstić information content (AvgIpc) is 3.51. The monoisotopic (exact) mass is 493 g/mol. The summed E-state index contributed by atoms with van der Waals surface area (Å²) in [6.07, 6.45) is 2.34. The topological polar surface area (TPSA) is 92.0 Å². The third-order valence-corrected chi connectivity index (χ3v) is 6.69. The van der Waals surface area contributed by atoms with Crippen LogP contribution in [0.1, 0.15) is 18.7 Å². The summed E-state index contributed by atoms with van der Waals surface area (Å²) in [5.74, 6) is 2.74. The third kappa shape index (κ3) is 4.18. The molecular weight excluding hydrogens is 478 g/mol. The molecule has 0 radical (unpaired) electrons. The second kappa shape index (κ2) is 8.42. The third-order valence-electron chi connectivity index (χ3n) is 4.44. The summed E-state index contributed by atoms with van der Waals surface area (Å²) >= 11 is 6.44. The minimum Gasteiger partial charge on any atom is -0.444 e. The van der Waals surface area contributed by atoms with Gasteiger partial charge >= 0.3 is 0 Å². The van der Waals surface area contributed by atoms with Gasteiger partial charge in [0.1, 0.15) is 0 Å². The molecule has 4 aromatic heterocycles. The van der Waals surface area contributed by atoms with E-state index in [9.17, 15) is 0 Å². The van der Waals surface area contributed by atoms with Crippen molar-refractivity contribution in [3.8, 4) is 22.4 Å². The van der Waals surface area contributed by atoms with Gasteiger partial charge in [-0.05, 0) is 52.4 Å². The van der Waals surface area contributed by atoms with E-state index in [0.717, 1.165) is 41.9 Å². The average molecular weight is 494 g/mol. The van der Waals surface area contributed by atoms with Gasteiger partial charge in [0.25, 0.3) is 5.89 Å². The Morgan fingerprint density at radius 3 is 2.90 bits per heavy atom. The fourth-order valence-electron chi connectivity index (χ4n) is 3.11. The van der Waals surface area contributed by atoms with Gasteiger partial charge < -0.3 is 13.6 Å². The maximum absolute atomic E-state index is 5.83. The van der Waals surface area contributed by atoms with E-state index in [-0.39, 0.29) is 6.10 Å². The molecular formula is C18H16BrN5O3S2.